The van der Waals surface area contributed by atoms with E-state index in [1.165, 1.54) is 0 Å². The molecule has 0 bridgehead atoms. The van der Waals surface area contributed by atoms with Crippen LogP contribution in [-0.2, 0) is 6.42 Å². The van der Waals surface area contributed by atoms with Gasteiger partial charge in [-0.2, -0.15) is 13.2 Å². The molecule has 1 aromatic carbocycles. The quantitative estimate of drug-likeness (QED) is 0.524. The van der Waals surface area contributed by atoms with E-state index in [9.17, 15) is 18.0 Å². The van der Waals surface area contributed by atoms with Crippen LogP contribution in [0, 0.1) is 0 Å². The van der Waals surface area contributed by atoms with Crippen LogP contribution in [0.15, 0.2) is 29.3 Å². The molecule has 0 spiro atoms. The number of hydrogen-bond acceptors (Lipinski definition) is 2. The van der Waals surface area contributed by atoms with Gasteiger partial charge < -0.3 is 16.0 Å². The van der Waals surface area contributed by atoms with Gasteiger partial charge in [0.15, 0.2) is 5.96 Å². The van der Waals surface area contributed by atoms with Crippen LogP contribution < -0.4 is 16.0 Å². The van der Waals surface area contributed by atoms with Gasteiger partial charge in [0.25, 0.3) is 5.91 Å². The standard InChI is InChI=1S/C16H23F3N4O/c1-3-21-15(23-10-8-16(17,18)19)22-9-7-12-5-4-6-13(11-12)14(24)20-2/h4-6,11H,3,7-10H2,1-2H3,(H,20,24)(H2,21,22,23). The van der Waals surface area contributed by atoms with Crippen LogP contribution in [0.1, 0.15) is 29.3 Å². The van der Waals surface area contributed by atoms with Crippen molar-refractivity contribution in [3.8, 4) is 0 Å². The molecule has 1 rings (SSSR count). The Labute approximate surface area is 139 Å². The van der Waals surface area contributed by atoms with E-state index in [-0.39, 0.29) is 12.5 Å². The minimum atomic E-state index is -4.21. The number of amides is 1. The SMILES string of the molecule is CCNC(=NCCC(F)(F)F)NCCc1cccc(C(=O)NC)c1. The molecule has 0 saturated heterocycles. The number of hydrogen-bond donors (Lipinski definition) is 3. The summed E-state index contributed by atoms with van der Waals surface area (Å²) in [6.07, 6.45) is -4.53. The summed E-state index contributed by atoms with van der Waals surface area (Å²) in [6.45, 7) is 2.58. The fourth-order valence-corrected chi connectivity index (χ4v) is 1.97. The summed E-state index contributed by atoms with van der Waals surface area (Å²) < 4.78 is 36.5. The predicted molar refractivity (Wildman–Crippen MR) is 88.2 cm³/mol. The summed E-state index contributed by atoms with van der Waals surface area (Å²) in [5.74, 6) is 0.191. The van der Waals surface area contributed by atoms with Gasteiger partial charge in [-0.1, -0.05) is 12.1 Å². The number of halogens is 3. The zero-order chi connectivity index (χ0) is 18.0. The molecule has 24 heavy (non-hydrogen) atoms. The first kappa shape index (κ1) is 19.8. The average Bonchev–Trinajstić information content (AvgIpc) is 2.53. The largest absolute Gasteiger partial charge is 0.390 e. The smallest absolute Gasteiger partial charge is 0.357 e. The maximum Gasteiger partial charge on any atom is 0.390 e. The molecule has 0 fully saturated rings. The molecule has 0 aliphatic carbocycles. The molecule has 0 heterocycles. The van der Waals surface area contributed by atoms with Crippen LogP contribution in [0.5, 0.6) is 0 Å². The van der Waals surface area contributed by atoms with Crippen molar-refractivity contribution in [2.75, 3.05) is 26.7 Å². The van der Waals surface area contributed by atoms with E-state index in [2.05, 4.69) is 20.9 Å². The predicted octanol–water partition coefficient (Wildman–Crippen LogP) is 2.10. The number of nitrogens with one attached hydrogen (secondary N) is 3. The van der Waals surface area contributed by atoms with Crippen molar-refractivity contribution in [3.63, 3.8) is 0 Å². The van der Waals surface area contributed by atoms with Gasteiger partial charge in [0.2, 0.25) is 0 Å². The fourth-order valence-electron chi connectivity index (χ4n) is 1.97. The van der Waals surface area contributed by atoms with Crippen LogP contribution in [0.3, 0.4) is 0 Å². The van der Waals surface area contributed by atoms with E-state index >= 15 is 0 Å². The van der Waals surface area contributed by atoms with Crippen LogP contribution >= 0.6 is 0 Å². The summed E-state index contributed by atoms with van der Waals surface area (Å²) >= 11 is 0. The van der Waals surface area contributed by atoms with Gasteiger partial charge in [-0.3, -0.25) is 9.79 Å². The molecule has 1 amide bonds. The number of alkyl halides is 3. The summed E-state index contributed by atoms with van der Waals surface area (Å²) in [5.41, 5.74) is 1.52. The van der Waals surface area contributed by atoms with Gasteiger partial charge in [0, 0.05) is 25.7 Å². The fraction of sp³-hybridized carbons (Fsp3) is 0.500. The number of nitrogens with zero attached hydrogens (tertiary/aromatic N) is 1. The van der Waals surface area contributed by atoms with E-state index in [1.807, 2.05) is 13.0 Å². The number of carbonyl (C=O) groups is 1. The van der Waals surface area contributed by atoms with Gasteiger partial charge in [0.05, 0.1) is 13.0 Å². The van der Waals surface area contributed by atoms with Crippen molar-refractivity contribution in [1.82, 2.24) is 16.0 Å². The molecule has 134 valence electrons. The van der Waals surface area contributed by atoms with E-state index < -0.39 is 12.6 Å². The van der Waals surface area contributed by atoms with Crippen LogP contribution in [-0.4, -0.2) is 44.7 Å². The van der Waals surface area contributed by atoms with E-state index in [0.29, 0.717) is 31.0 Å². The second-order valence-corrected chi connectivity index (χ2v) is 5.08. The zero-order valence-electron chi connectivity index (χ0n) is 13.8. The Morgan fingerprint density at radius 3 is 2.62 bits per heavy atom. The lowest BCUT2D eigenvalue weighted by Crippen LogP contribution is -2.38. The molecule has 0 aliphatic rings. The van der Waals surface area contributed by atoms with Crippen LogP contribution in [0.25, 0.3) is 0 Å². The third-order valence-electron chi connectivity index (χ3n) is 3.13. The maximum atomic E-state index is 12.2. The summed E-state index contributed by atoms with van der Waals surface area (Å²) in [7, 11) is 1.57. The highest BCUT2D eigenvalue weighted by molar-refractivity contribution is 5.94. The maximum absolute atomic E-state index is 12.2. The first-order valence-electron chi connectivity index (χ1n) is 7.75. The highest BCUT2D eigenvalue weighted by atomic mass is 19.4. The van der Waals surface area contributed by atoms with Gasteiger partial charge in [-0.05, 0) is 31.0 Å². The lowest BCUT2D eigenvalue weighted by molar-refractivity contribution is -0.132. The van der Waals surface area contributed by atoms with Crippen molar-refractivity contribution < 1.29 is 18.0 Å². The van der Waals surface area contributed by atoms with Crippen molar-refractivity contribution in [2.24, 2.45) is 4.99 Å². The Morgan fingerprint density at radius 2 is 2.00 bits per heavy atom. The van der Waals surface area contributed by atoms with E-state index in [1.54, 1.807) is 25.2 Å². The normalized spacial score (nSPS) is 12.0. The third kappa shape index (κ3) is 7.85. The highest BCUT2D eigenvalue weighted by Gasteiger charge is 2.26. The topological polar surface area (TPSA) is 65.5 Å². The zero-order valence-corrected chi connectivity index (χ0v) is 13.8. The Hall–Kier alpha value is -2.25. The second kappa shape index (κ2) is 9.79. The van der Waals surface area contributed by atoms with E-state index in [0.717, 1.165) is 5.56 Å². The molecule has 0 radical (unpaired) electrons. The molecule has 0 aromatic heterocycles. The minimum absolute atomic E-state index is 0.160. The first-order chi connectivity index (χ1) is 11.4. The van der Waals surface area contributed by atoms with Gasteiger partial charge in [0.1, 0.15) is 0 Å². The molecule has 0 atom stereocenters. The van der Waals surface area contributed by atoms with Gasteiger partial charge >= 0.3 is 6.18 Å². The van der Waals surface area contributed by atoms with Crippen molar-refractivity contribution in [2.45, 2.75) is 25.9 Å². The number of carbonyl (C=O) groups excluding carboxylic acids is 1. The molecule has 0 unspecified atom stereocenters. The molecule has 0 saturated carbocycles. The Bertz CT molecular complexity index is 558. The molecule has 8 heteroatoms. The van der Waals surface area contributed by atoms with Crippen molar-refractivity contribution in [3.05, 3.63) is 35.4 Å². The second-order valence-electron chi connectivity index (χ2n) is 5.08. The number of guanidine groups is 1. The summed E-state index contributed by atoms with van der Waals surface area (Å²) in [5, 5.41) is 8.45. The summed E-state index contributed by atoms with van der Waals surface area (Å²) in [6, 6.07) is 7.19. The number of benzene rings is 1. The van der Waals surface area contributed by atoms with Crippen LogP contribution in [0.4, 0.5) is 13.2 Å². The molecular formula is C16H23F3N4O. The van der Waals surface area contributed by atoms with E-state index in [4.69, 9.17) is 0 Å². The number of rotatable bonds is 7. The lowest BCUT2D eigenvalue weighted by atomic mass is 10.1. The molecule has 1 aromatic rings. The monoisotopic (exact) mass is 344 g/mol. The highest BCUT2D eigenvalue weighted by Crippen LogP contribution is 2.18. The first-order valence-corrected chi connectivity index (χ1v) is 7.75. The van der Waals surface area contributed by atoms with Gasteiger partial charge in [-0.25, -0.2) is 0 Å². The van der Waals surface area contributed by atoms with Crippen molar-refractivity contribution >= 4 is 11.9 Å². The Kier molecular flexibility index (Phi) is 8.08. The molecule has 3 N–H and O–H groups in total. The lowest BCUT2D eigenvalue weighted by Gasteiger charge is -2.12. The Morgan fingerprint density at radius 1 is 1.25 bits per heavy atom. The van der Waals surface area contributed by atoms with Crippen LogP contribution in [0.2, 0.25) is 0 Å². The third-order valence-corrected chi connectivity index (χ3v) is 3.13. The molecule has 5 nitrogen and oxygen atoms in total. The minimum Gasteiger partial charge on any atom is -0.357 e. The Balaban J connectivity index is 2.53. The average molecular weight is 344 g/mol. The van der Waals surface area contributed by atoms with Gasteiger partial charge in [-0.15, -0.1) is 0 Å². The molecule has 0 aliphatic heterocycles. The number of aliphatic imine (C=N–C) groups is 1. The van der Waals surface area contributed by atoms with Crippen molar-refractivity contribution in [1.29, 1.82) is 0 Å². The molecular weight excluding hydrogens is 321 g/mol. The summed E-state index contributed by atoms with van der Waals surface area (Å²) in [4.78, 5) is 15.5.